The van der Waals surface area contributed by atoms with Crippen molar-refractivity contribution in [1.82, 2.24) is 0 Å². The molecule has 0 saturated carbocycles. The summed E-state index contributed by atoms with van der Waals surface area (Å²) < 4.78 is 0. The minimum absolute atomic E-state index is 0. The standard InChI is InChI=1S/4ClH.2H2O.Ta/h4*1H;2*1H2;/q;;;;;;+4/p-4. The number of hydrogen-bond acceptors (Lipinski definition) is 0. The van der Waals surface area contributed by atoms with E-state index in [-0.39, 0.29) is 11.0 Å². The molecule has 0 aromatic heterocycles. The Kier molecular flexibility index (Phi) is 13.5. The molecule has 0 aromatic carbocycles. The fourth-order valence-electron chi connectivity index (χ4n) is 0. The van der Waals surface area contributed by atoms with E-state index in [4.69, 9.17) is 36.8 Å². The van der Waals surface area contributed by atoms with Crippen molar-refractivity contribution in [1.29, 1.82) is 0 Å². The molecule has 0 unspecified atom stereocenters. The van der Waals surface area contributed by atoms with E-state index in [0.717, 1.165) is 0 Å². The van der Waals surface area contributed by atoms with E-state index in [1.54, 1.807) is 0 Å². The summed E-state index contributed by atoms with van der Waals surface area (Å²) >= 11 is -3.33. The van der Waals surface area contributed by atoms with E-state index in [0.29, 0.717) is 0 Å². The summed E-state index contributed by atoms with van der Waals surface area (Å²) in [4.78, 5) is 0. The predicted molar refractivity (Wildman–Crippen MR) is 30.6 cm³/mol. The van der Waals surface area contributed by atoms with Gasteiger partial charge in [0, 0.05) is 0 Å². The Morgan fingerprint density at radius 2 is 0.714 bits per heavy atom. The van der Waals surface area contributed by atoms with Crippen LogP contribution < -0.4 is 0 Å². The van der Waals surface area contributed by atoms with Gasteiger partial charge in [-0.2, -0.15) is 0 Å². The first-order chi connectivity index (χ1) is 2.00. The topological polar surface area (TPSA) is 63.0 Å². The Bertz CT molecular complexity index is 25.2. The van der Waals surface area contributed by atoms with Crippen molar-refractivity contribution in [3.05, 3.63) is 0 Å². The summed E-state index contributed by atoms with van der Waals surface area (Å²) in [5.74, 6) is 0. The molecule has 0 saturated heterocycles. The third-order valence-electron chi connectivity index (χ3n) is 0. The summed E-state index contributed by atoms with van der Waals surface area (Å²) in [7, 11) is 20.2. The van der Waals surface area contributed by atoms with Crippen molar-refractivity contribution in [2.75, 3.05) is 0 Å². The molecule has 0 amide bonds. The van der Waals surface area contributed by atoms with Gasteiger partial charge in [0.15, 0.2) is 0 Å². The predicted octanol–water partition coefficient (Wildman–Crippen LogP) is 1.11. The molecule has 0 fully saturated rings. The maximum atomic E-state index is 5.04. The van der Waals surface area contributed by atoms with Crippen LogP contribution in [0.15, 0.2) is 0 Å². The van der Waals surface area contributed by atoms with Gasteiger partial charge in [-0.25, -0.2) is 0 Å². The van der Waals surface area contributed by atoms with E-state index in [1.807, 2.05) is 0 Å². The van der Waals surface area contributed by atoms with Crippen molar-refractivity contribution >= 4 is 36.8 Å². The molecule has 0 atom stereocenters. The van der Waals surface area contributed by atoms with E-state index in [9.17, 15) is 0 Å². The zero-order valence-corrected chi connectivity index (χ0v) is 9.20. The van der Waals surface area contributed by atoms with Gasteiger partial charge in [0.2, 0.25) is 0 Å². The van der Waals surface area contributed by atoms with Gasteiger partial charge < -0.3 is 11.0 Å². The first kappa shape index (κ1) is 15.9. The molecular formula is H4Cl4O2Ta. The van der Waals surface area contributed by atoms with Gasteiger partial charge >= 0.3 is 49.6 Å². The Morgan fingerprint density at radius 3 is 0.714 bits per heavy atom. The molecule has 0 aliphatic carbocycles. The quantitative estimate of drug-likeness (QED) is 0.622. The van der Waals surface area contributed by atoms with Crippen LogP contribution >= 0.6 is 36.8 Å². The van der Waals surface area contributed by atoms with Crippen LogP contribution in [0.3, 0.4) is 0 Å². The van der Waals surface area contributed by atoms with Crippen LogP contribution in [-0.2, 0) is 12.8 Å². The van der Waals surface area contributed by atoms with E-state index in [2.05, 4.69) is 0 Å². The SMILES string of the molecule is O.O.[Cl][Ta]([Cl])([Cl])[Cl]. The molecule has 0 aromatic rings. The van der Waals surface area contributed by atoms with Crippen LogP contribution in [0.2, 0.25) is 0 Å². The van der Waals surface area contributed by atoms with Crippen LogP contribution in [0.1, 0.15) is 0 Å². The molecule has 49 valence electrons. The summed E-state index contributed by atoms with van der Waals surface area (Å²) in [6, 6.07) is 0. The number of hydrogen-bond donors (Lipinski definition) is 0. The normalized spacial score (nSPS) is 8.57. The van der Waals surface area contributed by atoms with Crippen LogP contribution in [-0.4, -0.2) is 11.0 Å². The molecule has 4 N–H and O–H groups in total. The second-order valence-corrected chi connectivity index (χ2v) is 28.2. The molecule has 7 heteroatoms. The molecular weight excluding hydrogens is 355 g/mol. The third-order valence-corrected chi connectivity index (χ3v) is 0. The van der Waals surface area contributed by atoms with Crippen molar-refractivity contribution in [3.8, 4) is 0 Å². The van der Waals surface area contributed by atoms with Crippen LogP contribution in [0.4, 0.5) is 0 Å². The Hall–Kier alpha value is 1.82. The van der Waals surface area contributed by atoms with Crippen molar-refractivity contribution in [2.45, 2.75) is 0 Å². The average molecular weight is 359 g/mol. The summed E-state index contributed by atoms with van der Waals surface area (Å²) in [6.07, 6.45) is 0. The van der Waals surface area contributed by atoms with Gasteiger partial charge in [-0.05, 0) is 0 Å². The molecule has 0 rings (SSSR count). The van der Waals surface area contributed by atoms with Gasteiger partial charge in [-0.3, -0.25) is 0 Å². The maximum absolute atomic E-state index is 5.04. The van der Waals surface area contributed by atoms with Gasteiger partial charge in [0.05, 0.1) is 0 Å². The van der Waals surface area contributed by atoms with Gasteiger partial charge in [0.1, 0.15) is 0 Å². The van der Waals surface area contributed by atoms with Crippen LogP contribution in [0, 0.1) is 0 Å². The Labute approximate surface area is 60.1 Å². The molecule has 0 aliphatic heterocycles. The van der Waals surface area contributed by atoms with Crippen molar-refractivity contribution < 1.29 is 23.8 Å². The molecule has 2 nitrogen and oxygen atoms in total. The van der Waals surface area contributed by atoms with Crippen LogP contribution in [0.5, 0.6) is 0 Å². The first-order valence-electron chi connectivity index (χ1n) is 0.676. The fourth-order valence-corrected chi connectivity index (χ4v) is 0. The van der Waals surface area contributed by atoms with E-state index in [1.165, 1.54) is 0 Å². The molecule has 0 heterocycles. The zero-order valence-electron chi connectivity index (χ0n) is 2.96. The molecule has 0 spiro atoms. The molecule has 7 heavy (non-hydrogen) atoms. The average Bonchev–Trinajstić information content (AvgIpc) is 0.722. The van der Waals surface area contributed by atoms with Crippen LogP contribution in [0.25, 0.3) is 0 Å². The van der Waals surface area contributed by atoms with Gasteiger partial charge in [-0.1, -0.05) is 0 Å². The molecule has 0 radical (unpaired) electrons. The van der Waals surface area contributed by atoms with Gasteiger partial charge in [0.25, 0.3) is 0 Å². The van der Waals surface area contributed by atoms with Crippen molar-refractivity contribution in [2.24, 2.45) is 0 Å². The molecule has 0 bridgehead atoms. The zero-order chi connectivity index (χ0) is 4.50. The Morgan fingerprint density at radius 1 is 0.714 bits per heavy atom. The Balaban J connectivity index is -0.0000000800. The third kappa shape index (κ3) is 80.0. The molecule has 0 aliphatic rings. The van der Waals surface area contributed by atoms with E-state index >= 15 is 0 Å². The summed E-state index contributed by atoms with van der Waals surface area (Å²) in [5.41, 5.74) is 0. The summed E-state index contributed by atoms with van der Waals surface area (Å²) in [6.45, 7) is 0. The van der Waals surface area contributed by atoms with Crippen molar-refractivity contribution in [3.63, 3.8) is 0 Å². The monoisotopic (exact) mass is 357 g/mol. The fraction of sp³-hybridized carbons (Fsp3) is 0. The van der Waals surface area contributed by atoms with Gasteiger partial charge in [-0.15, -0.1) is 0 Å². The first-order valence-corrected chi connectivity index (χ1v) is 16.6. The second kappa shape index (κ2) is 5.95. The number of halogens is 4. The second-order valence-electron chi connectivity index (χ2n) is 0.383. The number of rotatable bonds is 0. The minimum atomic E-state index is -3.33. The summed E-state index contributed by atoms with van der Waals surface area (Å²) in [5, 5.41) is 0. The van der Waals surface area contributed by atoms with E-state index < -0.39 is 12.8 Å².